The lowest BCUT2D eigenvalue weighted by Crippen LogP contribution is -2.27. The Morgan fingerprint density at radius 2 is 1.46 bits per heavy atom. The summed E-state index contributed by atoms with van der Waals surface area (Å²) in [6, 6.07) is 4.23. The van der Waals surface area contributed by atoms with E-state index in [1.54, 1.807) is 6.92 Å². The van der Waals surface area contributed by atoms with Gasteiger partial charge in [0.05, 0.1) is 11.1 Å². The highest BCUT2D eigenvalue weighted by Gasteiger charge is 2.27. The predicted octanol–water partition coefficient (Wildman–Crippen LogP) is 0.377. The largest absolute Gasteiger partial charge is 0.387 e. The first-order chi connectivity index (χ1) is 11.2. The summed E-state index contributed by atoms with van der Waals surface area (Å²) < 4.78 is 8.98. The number of esters is 4. The average molecular weight is 338 g/mol. The highest BCUT2D eigenvalue weighted by Crippen LogP contribution is 2.19. The van der Waals surface area contributed by atoms with Gasteiger partial charge in [-0.25, -0.2) is 19.2 Å². The number of benzene rings is 1. The minimum atomic E-state index is -1.52. The Hall–Kier alpha value is -2.58. The van der Waals surface area contributed by atoms with Crippen molar-refractivity contribution in [3.05, 3.63) is 34.9 Å². The summed E-state index contributed by atoms with van der Waals surface area (Å²) in [5, 5.41) is 18.2. The molecule has 1 rings (SSSR count). The molecule has 0 aliphatic heterocycles. The maximum Gasteiger partial charge on any atom is 0.347 e. The first kappa shape index (κ1) is 19.5. The van der Waals surface area contributed by atoms with Gasteiger partial charge in [0.25, 0.3) is 0 Å². The van der Waals surface area contributed by atoms with Gasteiger partial charge >= 0.3 is 23.9 Å². The van der Waals surface area contributed by atoms with Crippen molar-refractivity contribution in [3.8, 4) is 0 Å². The molecule has 2 N–H and O–H groups in total. The highest BCUT2D eigenvalue weighted by atomic mass is 16.6. The van der Waals surface area contributed by atoms with Gasteiger partial charge in [-0.1, -0.05) is 19.1 Å². The molecule has 2 unspecified atom stereocenters. The van der Waals surface area contributed by atoms with E-state index in [1.807, 2.05) is 0 Å². The first-order valence-electron chi connectivity index (χ1n) is 7.19. The fourth-order valence-electron chi connectivity index (χ4n) is 1.77. The SMILES string of the molecule is CCc1cccc(C(=O)OC(=O)C(C)O)c1C(=O)OC(=O)C(C)O. The second-order valence-corrected chi connectivity index (χ2v) is 4.96. The zero-order valence-electron chi connectivity index (χ0n) is 13.4. The lowest BCUT2D eigenvalue weighted by molar-refractivity contribution is -0.147. The molecule has 130 valence electrons. The lowest BCUT2D eigenvalue weighted by atomic mass is 9.99. The minimum absolute atomic E-state index is 0.239. The third kappa shape index (κ3) is 4.71. The summed E-state index contributed by atoms with van der Waals surface area (Å²) in [6.45, 7) is 3.95. The Bertz CT molecular complexity index is 660. The number of aryl methyl sites for hydroxylation is 1. The molecule has 0 fully saturated rings. The first-order valence-corrected chi connectivity index (χ1v) is 7.19. The van der Waals surface area contributed by atoms with Crippen LogP contribution >= 0.6 is 0 Å². The maximum atomic E-state index is 12.2. The lowest BCUT2D eigenvalue weighted by Gasteiger charge is -2.13. The van der Waals surface area contributed by atoms with Gasteiger partial charge in [0.1, 0.15) is 12.2 Å². The van der Waals surface area contributed by atoms with Crippen LogP contribution in [0.4, 0.5) is 0 Å². The second kappa shape index (κ2) is 8.32. The van der Waals surface area contributed by atoms with Gasteiger partial charge in [-0.15, -0.1) is 0 Å². The zero-order chi connectivity index (χ0) is 18.4. The van der Waals surface area contributed by atoms with Gasteiger partial charge in [-0.3, -0.25) is 0 Å². The molecule has 0 aliphatic rings. The molecule has 0 spiro atoms. The number of hydrogen-bond acceptors (Lipinski definition) is 8. The maximum absolute atomic E-state index is 12.2. The van der Waals surface area contributed by atoms with E-state index in [0.29, 0.717) is 12.0 Å². The number of carbonyl (C=O) groups excluding carboxylic acids is 4. The molecule has 8 nitrogen and oxygen atoms in total. The van der Waals surface area contributed by atoms with E-state index in [-0.39, 0.29) is 11.1 Å². The number of hydrogen-bond donors (Lipinski definition) is 2. The summed E-state index contributed by atoms with van der Waals surface area (Å²) in [6.07, 6.45) is -2.70. The summed E-state index contributed by atoms with van der Waals surface area (Å²) >= 11 is 0. The van der Waals surface area contributed by atoms with E-state index < -0.39 is 36.1 Å². The van der Waals surface area contributed by atoms with Gasteiger partial charge in [-0.2, -0.15) is 0 Å². The third-order valence-corrected chi connectivity index (χ3v) is 3.02. The van der Waals surface area contributed by atoms with Gasteiger partial charge in [0, 0.05) is 0 Å². The van der Waals surface area contributed by atoms with Crippen LogP contribution in [0.25, 0.3) is 0 Å². The normalized spacial score (nSPS) is 12.9. The van der Waals surface area contributed by atoms with Crippen LogP contribution in [-0.4, -0.2) is 46.3 Å². The smallest absolute Gasteiger partial charge is 0.347 e. The molecule has 24 heavy (non-hydrogen) atoms. The number of carbonyl (C=O) groups is 4. The molecule has 0 aliphatic carbocycles. The summed E-state index contributed by atoms with van der Waals surface area (Å²) in [5.74, 6) is -4.66. The third-order valence-electron chi connectivity index (χ3n) is 3.02. The number of ether oxygens (including phenoxy) is 2. The molecule has 2 atom stereocenters. The van der Waals surface area contributed by atoms with Crippen molar-refractivity contribution < 1.29 is 38.9 Å². The monoisotopic (exact) mass is 338 g/mol. The van der Waals surface area contributed by atoms with E-state index in [0.717, 1.165) is 13.8 Å². The van der Waals surface area contributed by atoms with Crippen LogP contribution in [0.15, 0.2) is 18.2 Å². The number of aliphatic hydroxyl groups is 2. The van der Waals surface area contributed by atoms with Gasteiger partial charge in [-0.05, 0) is 31.9 Å². The van der Waals surface area contributed by atoms with E-state index >= 15 is 0 Å². The number of rotatable bonds is 5. The van der Waals surface area contributed by atoms with E-state index in [4.69, 9.17) is 10.2 Å². The van der Waals surface area contributed by atoms with E-state index in [9.17, 15) is 19.2 Å². The molecule has 0 aromatic heterocycles. The molecule has 0 heterocycles. The average Bonchev–Trinajstić information content (AvgIpc) is 2.53. The number of aliphatic hydroxyl groups excluding tert-OH is 2. The molecule has 1 aromatic rings. The molecule has 0 radical (unpaired) electrons. The minimum Gasteiger partial charge on any atom is -0.387 e. The van der Waals surface area contributed by atoms with Crippen molar-refractivity contribution in [2.45, 2.75) is 39.4 Å². The molecule has 0 amide bonds. The van der Waals surface area contributed by atoms with Crippen LogP contribution in [-0.2, 0) is 25.5 Å². The van der Waals surface area contributed by atoms with Gasteiger partial charge < -0.3 is 19.7 Å². The molecule has 8 heteroatoms. The van der Waals surface area contributed by atoms with Crippen molar-refractivity contribution in [1.82, 2.24) is 0 Å². The van der Waals surface area contributed by atoms with Crippen LogP contribution in [0.3, 0.4) is 0 Å². The molecule has 1 aromatic carbocycles. The predicted molar refractivity (Wildman–Crippen MR) is 80.0 cm³/mol. The molecule has 0 bridgehead atoms. The highest BCUT2D eigenvalue weighted by molar-refractivity contribution is 6.09. The Kier molecular flexibility index (Phi) is 6.75. The van der Waals surface area contributed by atoms with Crippen LogP contribution in [0, 0.1) is 0 Å². The Labute approximate surface area is 138 Å². The van der Waals surface area contributed by atoms with Crippen molar-refractivity contribution in [2.75, 3.05) is 0 Å². The van der Waals surface area contributed by atoms with Crippen molar-refractivity contribution >= 4 is 23.9 Å². The van der Waals surface area contributed by atoms with Crippen molar-refractivity contribution in [3.63, 3.8) is 0 Å². The quantitative estimate of drug-likeness (QED) is 0.582. The van der Waals surface area contributed by atoms with Crippen LogP contribution in [0.1, 0.15) is 47.1 Å². The summed E-state index contributed by atoms with van der Waals surface area (Å²) in [5.41, 5.74) is -0.138. The van der Waals surface area contributed by atoms with E-state index in [1.165, 1.54) is 18.2 Å². The van der Waals surface area contributed by atoms with Gasteiger partial charge in [0.2, 0.25) is 0 Å². The summed E-state index contributed by atoms with van der Waals surface area (Å²) in [4.78, 5) is 47.0. The van der Waals surface area contributed by atoms with Crippen LogP contribution < -0.4 is 0 Å². The molecular formula is C16H18O8. The van der Waals surface area contributed by atoms with Gasteiger partial charge in [0.15, 0.2) is 0 Å². The fourth-order valence-corrected chi connectivity index (χ4v) is 1.77. The Morgan fingerprint density at radius 3 is 1.92 bits per heavy atom. The Morgan fingerprint density at radius 1 is 0.958 bits per heavy atom. The van der Waals surface area contributed by atoms with Crippen LogP contribution in [0.2, 0.25) is 0 Å². The topological polar surface area (TPSA) is 127 Å². The van der Waals surface area contributed by atoms with Crippen LogP contribution in [0.5, 0.6) is 0 Å². The van der Waals surface area contributed by atoms with E-state index in [2.05, 4.69) is 9.47 Å². The fraction of sp³-hybridized carbons (Fsp3) is 0.375. The van der Waals surface area contributed by atoms with Crippen molar-refractivity contribution in [2.24, 2.45) is 0 Å². The zero-order valence-corrected chi connectivity index (χ0v) is 13.4. The van der Waals surface area contributed by atoms with Crippen molar-refractivity contribution in [1.29, 1.82) is 0 Å². The molecule has 0 saturated heterocycles. The summed E-state index contributed by atoms with van der Waals surface area (Å²) in [7, 11) is 0. The Balaban J connectivity index is 3.22. The molecular weight excluding hydrogens is 320 g/mol. The molecule has 0 saturated carbocycles. The second-order valence-electron chi connectivity index (χ2n) is 4.96. The standard InChI is InChI=1S/C16H18O8/c1-4-10-6-5-7-11(15(21)23-13(19)8(2)17)12(10)16(22)24-14(20)9(3)18/h5-9,17-18H,4H2,1-3H3.